The first kappa shape index (κ1) is 35.5. The number of alkyl halides is 2. The van der Waals surface area contributed by atoms with Gasteiger partial charge in [0.15, 0.2) is 5.82 Å². The van der Waals surface area contributed by atoms with E-state index in [1.54, 1.807) is 0 Å². The minimum atomic E-state index is -4.31. The normalized spacial score (nSPS) is 32.0. The van der Waals surface area contributed by atoms with Crippen molar-refractivity contribution in [3.63, 3.8) is 0 Å². The van der Waals surface area contributed by atoms with E-state index in [1.807, 2.05) is 0 Å². The third kappa shape index (κ3) is 9.01. The van der Waals surface area contributed by atoms with Crippen LogP contribution >= 0.6 is 23.2 Å². The number of azo groups is 1. The molecular weight excluding hydrogens is 649 g/mol. The largest absolute Gasteiger partial charge is 0.351 e. The van der Waals surface area contributed by atoms with Crippen molar-refractivity contribution in [2.75, 3.05) is 13.1 Å². The number of carbonyl (C=O) groups excluding carboxylic acids is 1. The molecule has 46 heavy (non-hydrogen) atoms. The third-order valence-corrected chi connectivity index (χ3v) is 12.8. The molecule has 0 aliphatic heterocycles. The van der Waals surface area contributed by atoms with Crippen LogP contribution in [0.5, 0.6) is 0 Å². The molecular formula is C32H49Cl2N7O4S. The Labute approximate surface area is 283 Å². The van der Waals surface area contributed by atoms with E-state index in [4.69, 9.17) is 28.3 Å². The summed E-state index contributed by atoms with van der Waals surface area (Å²) in [5.41, 5.74) is 0.198. The van der Waals surface area contributed by atoms with Crippen LogP contribution in [0.15, 0.2) is 16.4 Å². The SMILES string of the molecule is CC(=O)NC1CC(N(CC2CCCCC2)CC2CCCCC2)CCC1N=Nc1c(C#N)cnn1C1C(Cl)CC(S(=O)(=O)O)CC1Cl. The molecule has 1 aromatic heterocycles. The second-order valence-corrected chi connectivity index (χ2v) is 16.9. The molecule has 11 nitrogen and oxygen atoms in total. The Morgan fingerprint density at radius 3 is 2.13 bits per heavy atom. The number of nitriles is 1. The lowest BCUT2D eigenvalue weighted by Crippen LogP contribution is -2.53. The van der Waals surface area contributed by atoms with Gasteiger partial charge in [-0.25, -0.2) is 4.68 Å². The van der Waals surface area contributed by atoms with Crippen LogP contribution in [0.3, 0.4) is 0 Å². The van der Waals surface area contributed by atoms with Gasteiger partial charge >= 0.3 is 0 Å². The number of hydrogen-bond acceptors (Lipinski definition) is 8. The van der Waals surface area contributed by atoms with Crippen LogP contribution in [0.25, 0.3) is 0 Å². The molecule has 256 valence electrons. The molecule has 1 amide bonds. The highest BCUT2D eigenvalue weighted by Crippen LogP contribution is 2.41. The van der Waals surface area contributed by atoms with Gasteiger partial charge in [0.1, 0.15) is 11.6 Å². The Hall–Kier alpha value is -1.78. The minimum absolute atomic E-state index is 0.0144. The standard InChI is InChI=1S/C32H49Cl2N7O4S/c1-21(42)37-30-14-25(40(19-22-8-4-2-5-9-22)20-23-10-6-3-7-11-23)12-13-29(30)38-39-32-24(17-35)18-36-41(32)31-27(33)15-26(16-28(31)34)46(43,44)45/h18,22-23,25-31H,2-16,19-20H2,1H3,(H,37,42)(H,43,44,45). The van der Waals surface area contributed by atoms with Crippen LogP contribution in [0, 0.1) is 23.2 Å². The second-order valence-electron chi connectivity index (χ2n) is 14.1. The molecule has 14 heteroatoms. The topological polar surface area (TPSA) is 153 Å². The number of hydrogen-bond donors (Lipinski definition) is 2. The summed E-state index contributed by atoms with van der Waals surface area (Å²) >= 11 is 13.2. The van der Waals surface area contributed by atoms with E-state index >= 15 is 0 Å². The van der Waals surface area contributed by atoms with Gasteiger partial charge in [-0.05, 0) is 69.6 Å². The number of nitrogens with zero attached hydrogens (tertiary/aromatic N) is 6. The Bertz CT molecular complexity index is 1320. The average molecular weight is 699 g/mol. The van der Waals surface area contributed by atoms with Crippen molar-refractivity contribution in [1.29, 1.82) is 5.26 Å². The molecule has 1 heterocycles. The predicted molar refractivity (Wildman–Crippen MR) is 178 cm³/mol. The maximum atomic E-state index is 12.4. The zero-order chi connectivity index (χ0) is 32.8. The summed E-state index contributed by atoms with van der Waals surface area (Å²) in [6.07, 6.45) is 17.0. The van der Waals surface area contributed by atoms with Gasteiger partial charge in [0, 0.05) is 26.1 Å². The fourth-order valence-corrected chi connectivity index (χ4v) is 10.5. The molecule has 0 aromatic carbocycles. The monoisotopic (exact) mass is 697 g/mol. The lowest BCUT2D eigenvalue weighted by molar-refractivity contribution is -0.120. The number of aromatic nitrogens is 2. The summed E-state index contributed by atoms with van der Waals surface area (Å²) in [7, 11) is -4.31. The van der Waals surface area contributed by atoms with Crippen molar-refractivity contribution in [2.45, 2.75) is 143 Å². The first-order valence-corrected chi connectivity index (χ1v) is 19.5. The van der Waals surface area contributed by atoms with E-state index in [0.717, 1.165) is 44.2 Å². The zero-order valence-electron chi connectivity index (χ0n) is 26.8. The fraction of sp³-hybridized carbons (Fsp3) is 0.844. The highest BCUT2D eigenvalue weighted by molar-refractivity contribution is 7.86. The van der Waals surface area contributed by atoms with Crippen molar-refractivity contribution in [1.82, 2.24) is 20.0 Å². The van der Waals surface area contributed by atoms with Crippen molar-refractivity contribution in [2.24, 2.45) is 22.1 Å². The van der Waals surface area contributed by atoms with Gasteiger partial charge in [-0.3, -0.25) is 14.2 Å². The fourth-order valence-electron chi connectivity index (χ4n) is 8.33. The van der Waals surface area contributed by atoms with Gasteiger partial charge < -0.3 is 5.32 Å². The summed E-state index contributed by atoms with van der Waals surface area (Å²) < 4.78 is 34.6. The van der Waals surface area contributed by atoms with Crippen molar-refractivity contribution in [3.05, 3.63) is 11.8 Å². The molecule has 4 fully saturated rings. The third-order valence-electron chi connectivity index (χ3n) is 10.7. The molecule has 5 atom stereocenters. The van der Waals surface area contributed by atoms with Gasteiger partial charge in [-0.2, -0.15) is 23.9 Å². The van der Waals surface area contributed by atoms with E-state index in [0.29, 0.717) is 6.04 Å². The highest BCUT2D eigenvalue weighted by Gasteiger charge is 2.43. The smallest absolute Gasteiger partial charge is 0.267 e. The second kappa shape index (κ2) is 16.1. The molecule has 4 aliphatic carbocycles. The van der Waals surface area contributed by atoms with Crippen molar-refractivity contribution >= 4 is 45.0 Å². The average Bonchev–Trinajstić information content (AvgIpc) is 3.42. The molecule has 0 saturated heterocycles. The number of amides is 1. The summed E-state index contributed by atoms with van der Waals surface area (Å²) in [6.45, 7) is 3.79. The van der Waals surface area contributed by atoms with Crippen LogP contribution in [-0.2, 0) is 14.9 Å². The van der Waals surface area contributed by atoms with Crippen molar-refractivity contribution < 1.29 is 17.8 Å². The predicted octanol–water partition coefficient (Wildman–Crippen LogP) is 6.53. The van der Waals surface area contributed by atoms with Gasteiger partial charge in [0.05, 0.1) is 40.3 Å². The zero-order valence-corrected chi connectivity index (χ0v) is 29.1. The molecule has 1 aromatic rings. The number of carbonyl (C=O) groups is 1. The number of rotatable bonds is 10. The number of halogens is 2. The van der Waals surface area contributed by atoms with E-state index < -0.39 is 32.2 Å². The molecule has 0 bridgehead atoms. The van der Waals surface area contributed by atoms with Crippen LogP contribution in [0.4, 0.5) is 5.82 Å². The van der Waals surface area contributed by atoms with E-state index in [9.17, 15) is 23.0 Å². The Morgan fingerprint density at radius 1 is 1.02 bits per heavy atom. The van der Waals surface area contributed by atoms with Gasteiger partial charge in [0.2, 0.25) is 5.91 Å². The molecule has 2 N–H and O–H groups in total. The summed E-state index contributed by atoms with van der Waals surface area (Å²) in [6, 6.07) is 1.33. The maximum absolute atomic E-state index is 12.4. The molecule has 0 radical (unpaired) electrons. The molecule has 5 rings (SSSR count). The molecule has 0 spiro atoms. The first-order chi connectivity index (χ1) is 22.0. The van der Waals surface area contributed by atoms with Crippen LogP contribution in [0.1, 0.15) is 115 Å². The lowest BCUT2D eigenvalue weighted by Gasteiger charge is -2.43. The van der Waals surface area contributed by atoms with Crippen molar-refractivity contribution in [3.8, 4) is 6.07 Å². The Morgan fingerprint density at radius 2 is 1.61 bits per heavy atom. The van der Waals surface area contributed by atoms with E-state index in [-0.39, 0.29) is 42.2 Å². The van der Waals surface area contributed by atoms with E-state index in [2.05, 4.69) is 26.5 Å². The lowest BCUT2D eigenvalue weighted by atomic mass is 9.82. The minimum Gasteiger partial charge on any atom is -0.351 e. The van der Waals surface area contributed by atoms with Crippen LogP contribution in [-0.4, -0.2) is 80.8 Å². The van der Waals surface area contributed by atoms with Crippen LogP contribution in [0.2, 0.25) is 0 Å². The molecule has 4 saturated carbocycles. The first-order valence-electron chi connectivity index (χ1n) is 17.2. The van der Waals surface area contributed by atoms with Gasteiger partial charge in [-0.15, -0.1) is 28.3 Å². The number of nitrogens with one attached hydrogen (secondary N) is 1. The Balaban J connectivity index is 1.34. The van der Waals surface area contributed by atoms with Crippen LogP contribution < -0.4 is 5.32 Å². The van der Waals surface area contributed by atoms with Gasteiger partial charge in [0.25, 0.3) is 10.1 Å². The van der Waals surface area contributed by atoms with E-state index in [1.165, 1.54) is 82.0 Å². The molecule has 4 aliphatic rings. The summed E-state index contributed by atoms with van der Waals surface area (Å²) in [5, 5.41) is 24.0. The summed E-state index contributed by atoms with van der Waals surface area (Å²) in [4.78, 5) is 15.1. The summed E-state index contributed by atoms with van der Waals surface area (Å²) in [5.74, 6) is 1.57. The Kier molecular flexibility index (Phi) is 12.4. The van der Waals surface area contributed by atoms with Gasteiger partial charge in [-0.1, -0.05) is 38.5 Å². The highest BCUT2D eigenvalue weighted by atomic mass is 35.5. The maximum Gasteiger partial charge on any atom is 0.267 e. The molecule has 5 unspecified atom stereocenters. The quantitative estimate of drug-likeness (QED) is 0.160.